The number of hydrogen-bond donors (Lipinski definition) is 0. The highest BCUT2D eigenvalue weighted by molar-refractivity contribution is 7.15. The van der Waals surface area contributed by atoms with Gasteiger partial charge in [0, 0.05) is 18.0 Å². The van der Waals surface area contributed by atoms with Gasteiger partial charge in [-0.3, -0.25) is 4.98 Å². The molecule has 0 radical (unpaired) electrons. The van der Waals surface area contributed by atoms with E-state index in [2.05, 4.69) is 21.2 Å². The van der Waals surface area contributed by atoms with Crippen molar-refractivity contribution in [3.8, 4) is 0 Å². The summed E-state index contributed by atoms with van der Waals surface area (Å²) in [5.74, 6) is 1.14. The number of thiophene rings is 1. The fraction of sp³-hybridized carbons (Fsp3) is 0.227. The van der Waals surface area contributed by atoms with E-state index in [0.29, 0.717) is 23.7 Å². The van der Waals surface area contributed by atoms with Crippen molar-refractivity contribution in [2.75, 3.05) is 6.61 Å². The Bertz CT molecular complexity index is 1240. The second-order valence-electron chi connectivity index (χ2n) is 6.75. The number of fused-ring (bicyclic) bond motifs is 1. The Balaban J connectivity index is 1.60. The molecule has 3 aromatic heterocycles. The van der Waals surface area contributed by atoms with Gasteiger partial charge in [-0.15, -0.1) is 21.5 Å². The van der Waals surface area contributed by atoms with Gasteiger partial charge in [0.2, 0.25) is 0 Å². The normalized spacial score (nSPS) is 11.8. The van der Waals surface area contributed by atoms with Crippen molar-refractivity contribution in [2.24, 2.45) is 5.10 Å². The zero-order chi connectivity index (χ0) is 21.1. The molecule has 8 heteroatoms. The third-order valence-electron chi connectivity index (χ3n) is 4.58. The highest BCUT2D eigenvalue weighted by Gasteiger charge is 2.14. The Kier molecular flexibility index (Phi) is 5.67. The minimum Gasteiger partial charge on any atom is -0.462 e. The van der Waals surface area contributed by atoms with Crippen LogP contribution >= 0.6 is 11.3 Å². The van der Waals surface area contributed by atoms with E-state index >= 15 is 0 Å². The zero-order valence-electron chi connectivity index (χ0n) is 17.0. The van der Waals surface area contributed by atoms with Crippen LogP contribution in [0.1, 0.15) is 45.6 Å². The van der Waals surface area contributed by atoms with Crippen molar-refractivity contribution in [3.63, 3.8) is 0 Å². The Morgan fingerprint density at radius 2 is 2.00 bits per heavy atom. The molecule has 4 rings (SSSR count). The summed E-state index contributed by atoms with van der Waals surface area (Å²) < 4.78 is 6.82. The molecule has 0 saturated carbocycles. The van der Waals surface area contributed by atoms with E-state index in [1.807, 2.05) is 44.2 Å². The van der Waals surface area contributed by atoms with Crippen LogP contribution in [0, 0.1) is 6.92 Å². The first-order chi connectivity index (χ1) is 14.5. The van der Waals surface area contributed by atoms with E-state index in [9.17, 15) is 4.79 Å². The van der Waals surface area contributed by atoms with Crippen LogP contribution in [0.5, 0.6) is 0 Å². The lowest BCUT2D eigenvalue weighted by Gasteiger charge is -2.06. The molecule has 1 aromatic carbocycles. The number of pyridine rings is 1. The predicted molar refractivity (Wildman–Crippen MR) is 117 cm³/mol. The first kappa shape index (κ1) is 19.9. The van der Waals surface area contributed by atoms with Crippen LogP contribution in [0.15, 0.2) is 53.8 Å². The average Bonchev–Trinajstić information content (AvgIpc) is 3.37. The van der Waals surface area contributed by atoms with Gasteiger partial charge in [0.1, 0.15) is 4.88 Å². The molecule has 3 heterocycles. The minimum absolute atomic E-state index is 0.312. The van der Waals surface area contributed by atoms with E-state index in [-0.39, 0.29) is 5.97 Å². The summed E-state index contributed by atoms with van der Waals surface area (Å²) in [6, 6.07) is 13.8. The Labute approximate surface area is 178 Å². The standard InChI is InChI=1S/C22H21N5O2S/c1-4-29-22(28)20-10-9-19(30-20)14(2)26-27-15(3)24-25-21(27)13-16-7-8-18-17(12-16)6-5-11-23-18/h5-12H,4,13H2,1-3H3/b26-14+. The lowest BCUT2D eigenvalue weighted by molar-refractivity contribution is 0.0532. The number of benzene rings is 1. The molecule has 4 aromatic rings. The molecule has 0 atom stereocenters. The van der Waals surface area contributed by atoms with Gasteiger partial charge >= 0.3 is 5.97 Å². The third kappa shape index (κ3) is 4.13. The van der Waals surface area contributed by atoms with Crippen molar-refractivity contribution >= 4 is 33.9 Å². The summed E-state index contributed by atoms with van der Waals surface area (Å²) in [6.07, 6.45) is 2.39. The smallest absolute Gasteiger partial charge is 0.348 e. The Morgan fingerprint density at radius 1 is 1.17 bits per heavy atom. The molecule has 0 bridgehead atoms. The molecular formula is C22H21N5O2S. The summed E-state index contributed by atoms with van der Waals surface area (Å²) in [5, 5.41) is 14.3. The first-order valence-corrected chi connectivity index (χ1v) is 10.4. The van der Waals surface area contributed by atoms with Crippen molar-refractivity contribution in [1.82, 2.24) is 19.9 Å². The number of carbonyl (C=O) groups is 1. The first-order valence-electron chi connectivity index (χ1n) is 9.62. The summed E-state index contributed by atoms with van der Waals surface area (Å²) in [5.41, 5.74) is 2.85. The maximum atomic E-state index is 11.9. The van der Waals surface area contributed by atoms with Crippen LogP contribution in [0.4, 0.5) is 0 Å². The van der Waals surface area contributed by atoms with Crippen LogP contribution in [-0.2, 0) is 11.2 Å². The SMILES string of the molecule is CCOC(=O)c1ccc(/C(C)=N/n2c(C)nnc2Cc2ccc3ncccc3c2)s1. The number of ether oxygens (including phenoxy) is 1. The quantitative estimate of drug-likeness (QED) is 0.345. The number of nitrogens with zero attached hydrogens (tertiary/aromatic N) is 5. The van der Waals surface area contributed by atoms with E-state index in [0.717, 1.165) is 32.9 Å². The summed E-state index contributed by atoms with van der Waals surface area (Å²) >= 11 is 1.36. The molecule has 0 saturated heterocycles. The minimum atomic E-state index is -0.312. The van der Waals surface area contributed by atoms with Crippen molar-refractivity contribution in [1.29, 1.82) is 0 Å². The van der Waals surface area contributed by atoms with Gasteiger partial charge in [0.05, 0.1) is 22.7 Å². The summed E-state index contributed by atoms with van der Waals surface area (Å²) in [4.78, 5) is 17.7. The van der Waals surface area contributed by atoms with E-state index in [1.54, 1.807) is 23.9 Å². The molecule has 0 amide bonds. The average molecular weight is 420 g/mol. The fourth-order valence-corrected chi connectivity index (χ4v) is 3.94. The van der Waals surface area contributed by atoms with Crippen molar-refractivity contribution in [3.05, 3.63) is 75.6 Å². The lowest BCUT2D eigenvalue weighted by Crippen LogP contribution is -2.05. The molecule has 0 aliphatic heterocycles. The van der Waals surface area contributed by atoms with Gasteiger partial charge < -0.3 is 4.74 Å². The maximum absolute atomic E-state index is 11.9. The van der Waals surface area contributed by atoms with Crippen LogP contribution in [0.2, 0.25) is 0 Å². The van der Waals surface area contributed by atoms with E-state index < -0.39 is 0 Å². The van der Waals surface area contributed by atoms with Gasteiger partial charge in [0.15, 0.2) is 11.6 Å². The molecule has 0 aliphatic rings. The second kappa shape index (κ2) is 8.54. The number of aryl methyl sites for hydroxylation is 1. The lowest BCUT2D eigenvalue weighted by atomic mass is 10.1. The highest BCUT2D eigenvalue weighted by Crippen LogP contribution is 2.20. The molecule has 7 nitrogen and oxygen atoms in total. The molecule has 152 valence electrons. The van der Waals surface area contributed by atoms with Gasteiger partial charge in [-0.25, -0.2) is 9.47 Å². The van der Waals surface area contributed by atoms with Crippen LogP contribution in [-0.4, -0.2) is 38.1 Å². The largest absolute Gasteiger partial charge is 0.462 e. The molecule has 0 spiro atoms. The number of aromatic nitrogens is 4. The molecule has 0 unspecified atom stereocenters. The predicted octanol–water partition coefficient (Wildman–Crippen LogP) is 4.24. The number of carbonyl (C=O) groups excluding carboxylic acids is 1. The number of esters is 1. The Hall–Kier alpha value is -3.39. The highest BCUT2D eigenvalue weighted by atomic mass is 32.1. The Morgan fingerprint density at radius 3 is 2.83 bits per heavy atom. The monoisotopic (exact) mass is 419 g/mol. The van der Waals surface area contributed by atoms with Crippen LogP contribution < -0.4 is 0 Å². The number of hydrogen-bond acceptors (Lipinski definition) is 7. The molecule has 0 aliphatic carbocycles. The molecule has 0 N–H and O–H groups in total. The number of rotatable bonds is 6. The van der Waals surface area contributed by atoms with E-state index in [1.165, 1.54) is 11.3 Å². The van der Waals surface area contributed by atoms with Gasteiger partial charge in [-0.1, -0.05) is 12.1 Å². The topological polar surface area (TPSA) is 82.3 Å². The van der Waals surface area contributed by atoms with Crippen LogP contribution in [0.25, 0.3) is 10.9 Å². The van der Waals surface area contributed by atoms with Crippen LogP contribution in [0.3, 0.4) is 0 Å². The van der Waals surface area contributed by atoms with Gasteiger partial charge in [-0.05, 0) is 56.7 Å². The fourth-order valence-electron chi connectivity index (χ4n) is 3.10. The molecule has 30 heavy (non-hydrogen) atoms. The second-order valence-corrected chi connectivity index (χ2v) is 7.84. The maximum Gasteiger partial charge on any atom is 0.348 e. The van der Waals surface area contributed by atoms with Gasteiger partial charge in [-0.2, -0.15) is 5.10 Å². The molecule has 0 fully saturated rings. The third-order valence-corrected chi connectivity index (χ3v) is 5.75. The van der Waals surface area contributed by atoms with E-state index in [4.69, 9.17) is 9.84 Å². The zero-order valence-corrected chi connectivity index (χ0v) is 17.8. The van der Waals surface area contributed by atoms with Crippen molar-refractivity contribution in [2.45, 2.75) is 27.2 Å². The van der Waals surface area contributed by atoms with Gasteiger partial charge in [0.25, 0.3) is 0 Å². The summed E-state index contributed by atoms with van der Waals surface area (Å²) in [7, 11) is 0. The summed E-state index contributed by atoms with van der Waals surface area (Å²) in [6.45, 7) is 5.93. The molecular weight excluding hydrogens is 398 g/mol. The van der Waals surface area contributed by atoms with Crippen molar-refractivity contribution < 1.29 is 9.53 Å².